The van der Waals surface area contributed by atoms with Crippen LogP contribution in [-0.4, -0.2) is 40.2 Å². The first-order valence-electron chi connectivity index (χ1n) is 9.43. The minimum atomic E-state index is -0.440. The summed E-state index contributed by atoms with van der Waals surface area (Å²) in [5.41, 5.74) is 3.93. The topological polar surface area (TPSA) is 121 Å². The van der Waals surface area contributed by atoms with Crippen LogP contribution in [0.3, 0.4) is 0 Å². The smallest absolute Gasteiger partial charge is 0.324 e. The van der Waals surface area contributed by atoms with Crippen LogP contribution in [0.25, 0.3) is 22.4 Å². The largest absolute Gasteiger partial charge is 0.504 e. The van der Waals surface area contributed by atoms with E-state index in [1.54, 1.807) is 36.4 Å². The van der Waals surface area contributed by atoms with E-state index in [-0.39, 0.29) is 11.6 Å². The minimum Gasteiger partial charge on any atom is -0.504 e. The number of carbonyl (C=O) groups excluding carboxylic acids is 1. The Balaban J connectivity index is 1.54. The lowest BCUT2D eigenvalue weighted by Gasteiger charge is -2.09. The molecule has 0 unspecified atom stereocenters. The number of benzene rings is 2. The van der Waals surface area contributed by atoms with E-state index in [0.717, 1.165) is 11.3 Å². The normalized spacial score (nSPS) is 10.5. The third-order valence-electron chi connectivity index (χ3n) is 4.56. The molecule has 2 aromatic heterocycles. The predicted octanol–water partition coefficient (Wildman–Crippen LogP) is 4.09. The molecule has 0 aliphatic rings. The van der Waals surface area contributed by atoms with Gasteiger partial charge in [0.25, 0.3) is 0 Å². The number of pyridine rings is 1. The lowest BCUT2D eigenvalue weighted by Crippen LogP contribution is -2.20. The number of nitrogens with zero attached hydrogens (tertiary/aromatic N) is 3. The van der Waals surface area contributed by atoms with Gasteiger partial charge in [0.2, 0.25) is 0 Å². The summed E-state index contributed by atoms with van der Waals surface area (Å²) in [6.07, 6.45) is 1.47. The summed E-state index contributed by atoms with van der Waals surface area (Å²) >= 11 is 0. The number of methoxy groups -OCH3 is 1. The molecule has 0 atom stereocenters. The zero-order chi connectivity index (χ0) is 21.8. The number of rotatable bonds is 5. The van der Waals surface area contributed by atoms with Gasteiger partial charge in [0.15, 0.2) is 23.0 Å². The van der Waals surface area contributed by atoms with Gasteiger partial charge in [-0.1, -0.05) is 0 Å². The number of aromatic hydroxyl groups is 1. The Hall–Kier alpha value is -4.40. The van der Waals surface area contributed by atoms with Gasteiger partial charge in [0.05, 0.1) is 19.0 Å². The highest BCUT2D eigenvalue weighted by molar-refractivity contribution is 5.99. The van der Waals surface area contributed by atoms with E-state index in [1.165, 1.54) is 19.4 Å². The number of phenolic OH excluding ortho intramolecular Hbond substituents is 1. The first-order chi connectivity index (χ1) is 15.1. The number of carbonyl (C=O) groups is 1. The molecule has 0 radical (unpaired) electrons. The third kappa shape index (κ3) is 4.45. The van der Waals surface area contributed by atoms with Crippen molar-refractivity contribution in [2.75, 3.05) is 30.1 Å². The molecule has 4 N–H and O–H groups in total. The molecule has 0 saturated carbocycles. The van der Waals surface area contributed by atoms with E-state index in [0.29, 0.717) is 28.3 Å². The highest BCUT2D eigenvalue weighted by atomic mass is 16.5. The van der Waals surface area contributed by atoms with Crippen molar-refractivity contribution >= 4 is 34.4 Å². The number of nitrogens with one attached hydrogen (secondary N) is 3. The molecule has 9 nitrogen and oxygen atoms in total. The Bertz CT molecular complexity index is 1240. The highest BCUT2D eigenvalue weighted by Crippen LogP contribution is 2.31. The van der Waals surface area contributed by atoms with E-state index in [1.807, 2.05) is 19.2 Å². The van der Waals surface area contributed by atoms with Crippen molar-refractivity contribution in [1.29, 1.82) is 0 Å². The minimum absolute atomic E-state index is 0.0462. The van der Waals surface area contributed by atoms with E-state index >= 15 is 0 Å². The number of phenols is 1. The Labute approximate surface area is 178 Å². The molecule has 9 heteroatoms. The van der Waals surface area contributed by atoms with Crippen molar-refractivity contribution in [3.8, 4) is 22.8 Å². The summed E-state index contributed by atoms with van der Waals surface area (Å²) in [6.45, 7) is 0. The zero-order valence-electron chi connectivity index (χ0n) is 16.9. The average Bonchev–Trinajstić information content (AvgIpc) is 2.79. The Morgan fingerprint density at radius 3 is 2.48 bits per heavy atom. The number of aromatic nitrogens is 3. The second-order valence-corrected chi connectivity index (χ2v) is 6.59. The molecule has 4 aromatic rings. The fourth-order valence-electron chi connectivity index (χ4n) is 2.95. The molecule has 0 fully saturated rings. The van der Waals surface area contributed by atoms with E-state index in [4.69, 9.17) is 4.74 Å². The number of ether oxygens (including phenoxy) is 1. The van der Waals surface area contributed by atoms with Crippen LogP contribution in [-0.2, 0) is 0 Å². The van der Waals surface area contributed by atoms with E-state index in [2.05, 4.69) is 30.9 Å². The van der Waals surface area contributed by atoms with Crippen LogP contribution >= 0.6 is 0 Å². The van der Waals surface area contributed by atoms with E-state index in [9.17, 15) is 9.90 Å². The van der Waals surface area contributed by atoms with Crippen LogP contribution < -0.4 is 20.7 Å². The molecular formula is C22H20N6O3. The SMILES string of the molecule is CNc1ccc(NC(=O)Nc2cnc3ccc(-c4ccc(O)c(OC)c4)nc3n2)cc1. The zero-order valence-corrected chi connectivity index (χ0v) is 16.9. The molecule has 0 aliphatic heterocycles. The third-order valence-corrected chi connectivity index (χ3v) is 4.56. The first kappa shape index (κ1) is 19.9. The summed E-state index contributed by atoms with van der Waals surface area (Å²) in [6, 6.07) is 15.4. The van der Waals surface area contributed by atoms with Gasteiger partial charge in [-0.05, 0) is 54.6 Å². The molecule has 31 heavy (non-hydrogen) atoms. The number of hydrogen-bond acceptors (Lipinski definition) is 7. The maximum absolute atomic E-state index is 12.3. The second-order valence-electron chi connectivity index (χ2n) is 6.59. The van der Waals surface area contributed by atoms with Crippen LogP contribution in [0.2, 0.25) is 0 Å². The summed E-state index contributed by atoms with van der Waals surface area (Å²) in [5, 5.41) is 18.2. The van der Waals surface area contributed by atoms with Crippen LogP contribution in [0.5, 0.6) is 11.5 Å². The van der Waals surface area contributed by atoms with Gasteiger partial charge >= 0.3 is 6.03 Å². The van der Waals surface area contributed by atoms with Gasteiger partial charge in [-0.15, -0.1) is 0 Å². The Morgan fingerprint density at radius 1 is 0.968 bits per heavy atom. The molecule has 2 aromatic carbocycles. The Kier molecular flexibility index (Phi) is 5.48. The maximum Gasteiger partial charge on any atom is 0.324 e. The van der Waals surface area contributed by atoms with Crippen molar-refractivity contribution in [2.24, 2.45) is 0 Å². The van der Waals surface area contributed by atoms with E-state index < -0.39 is 6.03 Å². The fourth-order valence-corrected chi connectivity index (χ4v) is 2.95. The van der Waals surface area contributed by atoms with Gasteiger partial charge in [-0.25, -0.2) is 19.7 Å². The molecular weight excluding hydrogens is 396 g/mol. The monoisotopic (exact) mass is 416 g/mol. The van der Waals surface area contributed by atoms with Crippen LogP contribution in [0.1, 0.15) is 0 Å². The lowest BCUT2D eigenvalue weighted by molar-refractivity contribution is 0.262. The molecule has 156 valence electrons. The molecule has 0 saturated heterocycles. The maximum atomic E-state index is 12.3. The number of hydrogen-bond donors (Lipinski definition) is 4. The fraction of sp³-hybridized carbons (Fsp3) is 0.0909. The number of anilines is 3. The van der Waals surface area contributed by atoms with Crippen molar-refractivity contribution in [3.63, 3.8) is 0 Å². The van der Waals surface area contributed by atoms with Crippen molar-refractivity contribution in [3.05, 3.63) is 60.8 Å². The number of fused-ring (bicyclic) bond motifs is 1. The average molecular weight is 416 g/mol. The van der Waals surface area contributed by atoms with Gasteiger partial charge in [-0.2, -0.15) is 0 Å². The van der Waals surface area contributed by atoms with Crippen LogP contribution in [0.15, 0.2) is 60.8 Å². The van der Waals surface area contributed by atoms with Gasteiger partial charge in [-0.3, -0.25) is 5.32 Å². The van der Waals surface area contributed by atoms with Crippen molar-refractivity contribution in [2.45, 2.75) is 0 Å². The summed E-state index contributed by atoms with van der Waals surface area (Å²) in [7, 11) is 3.31. The summed E-state index contributed by atoms with van der Waals surface area (Å²) in [5.74, 6) is 0.662. The molecule has 0 aliphatic carbocycles. The Morgan fingerprint density at radius 2 is 1.74 bits per heavy atom. The lowest BCUT2D eigenvalue weighted by atomic mass is 10.1. The van der Waals surface area contributed by atoms with Gasteiger partial charge in [0.1, 0.15) is 5.52 Å². The molecule has 4 rings (SSSR count). The van der Waals surface area contributed by atoms with Crippen LogP contribution in [0, 0.1) is 0 Å². The quantitative estimate of drug-likeness (QED) is 0.387. The van der Waals surface area contributed by atoms with Crippen molar-refractivity contribution < 1.29 is 14.6 Å². The molecule has 2 heterocycles. The first-order valence-corrected chi connectivity index (χ1v) is 9.43. The highest BCUT2D eigenvalue weighted by Gasteiger charge is 2.10. The molecule has 2 amide bonds. The standard InChI is InChI=1S/C22H20N6O3/c1-23-14-4-6-15(7-5-14)25-22(30)28-20-12-24-17-9-8-16(26-21(17)27-20)13-3-10-18(29)19(11-13)31-2/h3-12,23,29H,1-2H3,(H2,25,26,27,28,30). The van der Waals surface area contributed by atoms with Crippen molar-refractivity contribution in [1.82, 2.24) is 15.0 Å². The number of amides is 2. The molecule has 0 spiro atoms. The summed E-state index contributed by atoms with van der Waals surface area (Å²) in [4.78, 5) is 25.5. The van der Waals surface area contributed by atoms with Crippen LogP contribution in [0.4, 0.5) is 22.0 Å². The van der Waals surface area contributed by atoms with Gasteiger partial charge in [0, 0.05) is 24.0 Å². The number of urea groups is 1. The second kappa shape index (κ2) is 8.54. The predicted molar refractivity (Wildman–Crippen MR) is 120 cm³/mol. The molecule has 0 bridgehead atoms. The summed E-state index contributed by atoms with van der Waals surface area (Å²) < 4.78 is 5.16. The van der Waals surface area contributed by atoms with Gasteiger partial charge < -0.3 is 20.5 Å².